The number of halogens is 1. The molecule has 0 aromatic heterocycles. The third-order valence-corrected chi connectivity index (χ3v) is 5.30. The highest BCUT2D eigenvalue weighted by Crippen LogP contribution is 2.35. The number of likely N-dealkylation sites (tertiary alicyclic amines) is 1. The van der Waals surface area contributed by atoms with E-state index < -0.39 is 5.54 Å². The molecule has 1 saturated heterocycles. The van der Waals surface area contributed by atoms with Crippen LogP contribution in [-0.2, 0) is 16.9 Å². The van der Waals surface area contributed by atoms with Gasteiger partial charge in [-0.1, -0.05) is 36.9 Å². The summed E-state index contributed by atoms with van der Waals surface area (Å²) in [5.74, 6) is 0.433. The number of rotatable bonds is 7. The minimum absolute atomic E-state index is 0.135. The average molecular weight is 397 g/mol. The van der Waals surface area contributed by atoms with Crippen molar-refractivity contribution in [1.29, 1.82) is 0 Å². The van der Waals surface area contributed by atoms with Crippen molar-refractivity contribution < 1.29 is 13.9 Å². The molecular formula is C24H29FN2O2. The molecule has 0 radical (unpaired) electrons. The van der Waals surface area contributed by atoms with E-state index in [0.717, 1.165) is 31.0 Å². The summed E-state index contributed by atoms with van der Waals surface area (Å²) in [5.41, 5.74) is 2.07. The lowest BCUT2D eigenvalue weighted by Gasteiger charge is -2.42. The highest BCUT2D eigenvalue weighted by Gasteiger charge is 2.38. The lowest BCUT2D eigenvalue weighted by Crippen LogP contribution is -2.52. The molecular weight excluding hydrogens is 367 g/mol. The van der Waals surface area contributed by atoms with Crippen molar-refractivity contribution in [2.45, 2.75) is 38.8 Å². The lowest BCUT2D eigenvalue weighted by molar-refractivity contribution is -0.121. The maximum absolute atomic E-state index is 14.5. The first kappa shape index (κ1) is 21.1. The first-order valence-corrected chi connectivity index (χ1v) is 10.0. The Hall–Kier alpha value is -2.66. The summed E-state index contributed by atoms with van der Waals surface area (Å²) >= 11 is 0. The fourth-order valence-electron chi connectivity index (χ4n) is 3.94. The first-order chi connectivity index (χ1) is 13.9. The number of piperidine rings is 1. The Kier molecular flexibility index (Phi) is 6.70. The van der Waals surface area contributed by atoms with E-state index in [4.69, 9.17) is 4.74 Å². The Morgan fingerprint density at radius 3 is 2.55 bits per heavy atom. The van der Waals surface area contributed by atoms with Gasteiger partial charge in [0.2, 0.25) is 5.91 Å². The summed E-state index contributed by atoms with van der Waals surface area (Å²) in [6.07, 6.45) is 1.33. The van der Waals surface area contributed by atoms with E-state index >= 15 is 0 Å². The second-order valence-electron chi connectivity index (χ2n) is 7.91. The van der Waals surface area contributed by atoms with Crippen LogP contribution in [0.3, 0.4) is 0 Å². The number of amides is 1. The van der Waals surface area contributed by atoms with Gasteiger partial charge in [-0.3, -0.25) is 9.69 Å². The molecule has 1 heterocycles. The van der Waals surface area contributed by atoms with Crippen LogP contribution in [-0.4, -0.2) is 30.5 Å². The molecule has 0 bridgehead atoms. The van der Waals surface area contributed by atoms with Crippen LogP contribution in [0.5, 0.6) is 5.75 Å². The van der Waals surface area contributed by atoms with Gasteiger partial charge in [-0.25, -0.2) is 4.39 Å². The Labute approximate surface area is 172 Å². The maximum Gasteiger partial charge on any atom is 0.217 e. The quantitative estimate of drug-likeness (QED) is 0.705. The van der Waals surface area contributed by atoms with Gasteiger partial charge in [0.25, 0.3) is 0 Å². The molecule has 0 spiro atoms. The molecule has 1 N–H and O–H groups in total. The number of benzene rings is 2. The van der Waals surface area contributed by atoms with Crippen molar-refractivity contribution in [3.8, 4) is 5.75 Å². The molecule has 1 fully saturated rings. The van der Waals surface area contributed by atoms with Crippen LogP contribution < -0.4 is 10.1 Å². The molecule has 1 amide bonds. The van der Waals surface area contributed by atoms with Crippen molar-refractivity contribution in [3.63, 3.8) is 0 Å². The van der Waals surface area contributed by atoms with Gasteiger partial charge in [0.05, 0.1) is 5.54 Å². The largest absolute Gasteiger partial charge is 0.489 e. The fourth-order valence-corrected chi connectivity index (χ4v) is 3.94. The van der Waals surface area contributed by atoms with E-state index in [2.05, 4.69) is 28.9 Å². The lowest BCUT2D eigenvalue weighted by atomic mass is 9.80. The minimum Gasteiger partial charge on any atom is -0.489 e. The third kappa shape index (κ3) is 5.45. The number of hydrogen-bond donors (Lipinski definition) is 1. The molecule has 154 valence electrons. The first-order valence-electron chi connectivity index (χ1n) is 10.0. The molecule has 3 rings (SSSR count). The predicted molar refractivity (Wildman–Crippen MR) is 113 cm³/mol. The van der Waals surface area contributed by atoms with Gasteiger partial charge in [-0.15, -0.1) is 0 Å². The number of nitrogens with zero attached hydrogens (tertiary/aromatic N) is 1. The Morgan fingerprint density at radius 2 is 1.90 bits per heavy atom. The van der Waals surface area contributed by atoms with Crippen LogP contribution in [0.1, 0.15) is 37.8 Å². The second kappa shape index (κ2) is 9.23. The second-order valence-corrected chi connectivity index (χ2v) is 7.91. The van der Waals surface area contributed by atoms with Crippen molar-refractivity contribution in [3.05, 3.63) is 77.6 Å². The SMILES string of the molecule is C=C(C)COc1cccc(CN2CCC(NC(C)=O)(c3ccccc3F)CC2)c1. The summed E-state index contributed by atoms with van der Waals surface area (Å²) in [4.78, 5) is 14.2. The highest BCUT2D eigenvalue weighted by atomic mass is 19.1. The molecule has 1 aliphatic heterocycles. The fraction of sp³-hybridized carbons (Fsp3) is 0.375. The molecule has 29 heavy (non-hydrogen) atoms. The zero-order valence-corrected chi connectivity index (χ0v) is 17.2. The van der Waals surface area contributed by atoms with Crippen molar-refractivity contribution in [2.75, 3.05) is 19.7 Å². The van der Waals surface area contributed by atoms with E-state index in [9.17, 15) is 9.18 Å². The smallest absolute Gasteiger partial charge is 0.217 e. The van der Waals surface area contributed by atoms with Crippen LogP contribution in [0, 0.1) is 5.82 Å². The molecule has 4 nitrogen and oxygen atoms in total. The average Bonchev–Trinajstić information content (AvgIpc) is 2.68. The third-order valence-electron chi connectivity index (χ3n) is 5.30. The van der Waals surface area contributed by atoms with Gasteiger partial charge < -0.3 is 10.1 Å². The standard InChI is InChI=1S/C24H29FN2O2/c1-18(2)17-29-21-8-6-7-20(15-21)16-27-13-11-24(12-14-27,26-19(3)28)22-9-4-5-10-23(22)25/h4-10,15H,1,11-14,16-17H2,2-3H3,(H,26,28). The molecule has 2 aromatic rings. The van der Waals surface area contributed by atoms with Crippen molar-refractivity contribution >= 4 is 5.91 Å². The van der Waals surface area contributed by atoms with Crippen LogP contribution in [0.15, 0.2) is 60.7 Å². The van der Waals surface area contributed by atoms with Gasteiger partial charge in [-0.05, 0) is 49.1 Å². The highest BCUT2D eigenvalue weighted by molar-refractivity contribution is 5.74. The summed E-state index contributed by atoms with van der Waals surface area (Å²) in [6, 6.07) is 14.8. The molecule has 0 unspecified atom stereocenters. The van der Waals surface area contributed by atoms with Gasteiger partial charge in [-0.2, -0.15) is 0 Å². The van der Waals surface area contributed by atoms with E-state index in [0.29, 0.717) is 25.0 Å². The summed E-state index contributed by atoms with van der Waals surface area (Å²) in [5, 5.41) is 3.04. The number of hydrogen-bond acceptors (Lipinski definition) is 3. The molecule has 0 aliphatic carbocycles. The Morgan fingerprint density at radius 1 is 1.17 bits per heavy atom. The van der Waals surface area contributed by atoms with E-state index in [-0.39, 0.29) is 11.7 Å². The molecule has 0 atom stereocenters. The van der Waals surface area contributed by atoms with Crippen LogP contribution in [0.25, 0.3) is 0 Å². The number of carbonyl (C=O) groups excluding carboxylic acids is 1. The van der Waals surface area contributed by atoms with Crippen molar-refractivity contribution in [2.24, 2.45) is 0 Å². The zero-order chi connectivity index (χ0) is 20.9. The normalized spacial score (nSPS) is 16.2. The van der Waals surface area contributed by atoms with Crippen molar-refractivity contribution in [1.82, 2.24) is 10.2 Å². The molecule has 0 saturated carbocycles. The van der Waals surface area contributed by atoms with Gasteiger partial charge in [0.15, 0.2) is 0 Å². The summed E-state index contributed by atoms with van der Waals surface area (Å²) < 4.78 is 20.2. The van der Waals surface area contributed by atoms with E-state index in [1.165, 1.54) is 18.6 Å². The minimum atomic E-state index is -0.653. The van der Waals surface area contributed by atoms with Gasteiger partial charge in [0, 0.05) is 32.1 Å². The summed E-state index contributed by atoms with van der Waals surface area (Å²) in [6.45, 7) is 10.1. The number of nitrogens with one attached hydrogen (secondary N) is 1. The van der Waals surface area contributed by atoms with Gasteiger partial charge >= 0.3 is 0 Å². The van der Waals surface area contributed by atoms with E-state index in [1.807, 2.05) is 25.1 Å². The monoisotopic (exact) mass is 396 g/mol. The van der Waals surface area contributed by atoms with Crippen LogP contribution in [0.2, 0.25) is 0 Å². The van der Waals surface area contributed by atoms with Crippen LogP contribution >= 0.6 is 0 Å². The van der Waals surface area contributed by atoms with Gasteiger partial charge in [0.1, 0.15) is 18.2 Å². The van der Waals surface area contributed by atoms with E-state index in [1.54, 1.807) is 12.1 Å². The number of carbonyl (C=O) groups is 1. The molecule has 2 aromatic carbocycles. The number of ether oxygens (including phenoxy) is 1. The zero-order valence-electron chi connectivity index (χ0n) is 17.2. The molecule has 1 aliphatic rings. The van der Waals surface area contributed by atoms with Crippen LogP contribution in [0.4, 0.5) is 4.39 Å². The molecule has 5 heteroatoms. The summed E-state index contributed by atoms with van der Waals surface area (Å²) in [7, 11) is 0. The predicted octanol–water partition coefficient (Wildman–Crippen LogP) is 4.41. The maximum atomic E-state index is 14.5. The Bertz CT molecular complexity index is 873. The Balaban J connectivity index is 1.68. The topological polar surface area (TPSA) is 41.6 Å².